The maximum Gasteiger partial charge on any atom is 0.119 e. The summed E-state index contributed by atoms with van der Waals surface area (Å²) in [6, 6.07) is 8.93. The third-order valence-electron chi connectivity index (χ3n) is 2.97. The lowest BCUT2D eigenvalue weighted by molar-refractivity contribution is 0.317. The minimum absolute atomic E-state index is 0.599. The molecule has 0 spiro atoms. The maximum absolute atomic E-state index is 5.58. The van der Waals surface area contributed by atoms with Crippen LogP contribution in [0.1, 0.15) is 52.9 Å². The van der Waals surface area contributed by atoms with Crippen LogP contribution in [0.15, 0.2) is 24.3 Å². The molecular weight excluding hydrogens is 222 g/mol. The van der Waals surface area contributed by atoms with E-state index >= 15 is 0 Å². The first-order valence-corrected chi connectivity index (χ1v) is 7.29. The number of hydrogen-bond donors (Lipinski definition) is 1. The molecule has 1 N–H and O–H groups in total. The van der Waals surface area contributed by atoms with Gasteiger partial charge in [-0.1, -0.05) is 33.6 Å². The largest absolute Gasteiger partial charge is 0.494 e. The van der Waals surface area contributed by atoms with Crippen LogP contribution >= 0.6 is 0 Å². The molecule has 0 aliphatic heterocycles. The highest BCUT2D eigenvalue weighted by molar-refractivity contribution is 5.47. The minimum Gasteiger partial charge on any atom is -0.494 e. The van der Waals surface area contributed by atoms with E-state index in [0.29, 0.717) is 6.04 Å². The van der Waals surface area contributed by atoms with Crippen LogP contribution in [0.5, 0.6) is 5.75 Å². The molecule has 18 heavy (non-hydrogen) atoms. The Balaban J connectivity index is 2.50. The quantitative estimate of drug-likeness (QED) is 0.675. The van der Waals surface area contributed by atoms with Crippen LogP contribution in [0.2, 0.25) is 0 Å². The first kappa shape index (κ1) is 14.9. The summed E-state index contributed by atoms with van der Waals surface area (Å²) in [4.78, 5) is 0. The van der Waals surface area contributed by atoms with Crippen LogP contribution in [-0.4, -0.2) is 12.6 Å². The first-order valence-electron chi connectivity index (χ1n) is 7.29. The van der Waals surface area contributed by atoms with E-state index in [-0.39, 0.29) is 0 Å². The molecule has 102 valence electrons. The molecule has 0 bridgehead atoms. The van der Waals surface area contributed by atoms with E-state index in [1.807, 2.05) is 12.1 Å². The molecule has 2 heteroatoms. The van der Waals surface area contributed by atoms with Gasteiger partial charge in [0.15, 0.2) is 0 Å². The van der Waals surface area contributed by atoms with Gasteiger partial charge in [0.05, 0.1) is 6.61 Å². The molecule has 0 atom stereocenters. The van der Waals surface area contributed by atoms with Gasteiger partial charge in [-0.25, -0.2) is 0 Å². The topological polar surface area (TPSA) is 21.3 Å². The molecule has 0 aromatic heterocycles. The zero-order valence-corrected chi connectivity index (χ0v) is 12.0. The van der Waals surface area contributed by atoms with Crippen molar-refractivity contribution in [2.75, 3.05) is 11.9 Å². The Morgan fingerprint density at radius 2 is 1.56 bits per heavy atom. The third-order valence-corrected chi connectivity index (χ3v) is 2.97. The second-order valence-electron chi connectivity index (χ2n) is 4.79. The Bertz CT molecular complexity index is 301. The van der Waals surface area contributed by atoms with Crippen LogP contribution in [0.4, 0.5) is 5.69 Å². The van der Waals surface area contributed by atoms with E-state index in [1.54, 1.807) is 0 Å². The lowest BCUT2D eigenvalue weighted by atomic mass is 10.1. The van der Waals surface area contributed by atoms with Crippen molar-refractivity contribution in [3.8, 4) is 5.75 Å². The van der Waals surface area contributed by atoms with Crippen molar-refractivity contribution in [3.05, 3.63) is 24.3 Å². The van der Waals surface area contributed by atoms with Crippen LogP contribution in [-0.2, 0) is 0 Å². The summed E-state index contributed by atoms with van der Waals surface area (Å²) in [6.07, 6.45) is 5.99. The van der Waals surface area contributed by atoms with Gasteiger partial charge in [-0.15, -0.1) is 0 Å². The van der Waals surface area contributed by atoms with Crippen molar-refractivity contribution in [3.63, 3.8) is 0 Å². The van der Waals surface area contributed by atoms with Gasteiger partial charge < -0.3 is 10.1 Å². The van der Waals surface area contributed by atoms with Crippen LogP contribution in [0, 0.1) is 0 Å². The fourth-order valence-electron chi connectivity index (χ4n) is 2.09. The molecule has 1 aromatic rings. The van der Waals surface area contributed by atoms with Crippen molar-refractivity contribution in [2.24, 2.45) is 0 Å². The number of benzene rings is 1. The van der Waals surface area contributed by atoms with Crippen molar-refractivity contribution in [1.29, 1.82) is 0 Å². The second-order valence-corrected chi connectivity index (χ2v) is 4.79. The van der Waals surface area contributed by atoms with Crippen molar-refractivity contribution >= 4 is 5.69 Å². The SMILES string of the molecule is CCCOc1ccc(NC(CCC)CCC)cc1. The van der Waals surface area contributed by atoms with E-state index < -0.39 is 0 Å². The number of rotatable bonds is 9. The molecule has 0 radical (unpaired) electrons. The van der Waals surface area contributed by atoms with Gasteiger partial charge in [0.2, 0.25) is 0 Å². The molecule has 0 aliphatic rings. The summed E-state index contributed by atoms with van der Waals surface area (Å²) >= 11 is 0. The highest BCUT2D eigenvalue weighted by Gasteiger charge is 2.06. The molecule has 0 saturated carbocycles. The van der Waals surface area contributed by atoms with Crippen molar-refractivity contribution in [1.82, 2.24) is 0 Å². The van der Waals surface area contributed by atoms with Gasteiger partial charge in [0.1, 0.15) is 5.75 Å². The summed E-state index contributed by atoms with van der Waals surface area (Å²) < 4.78 is 5.58. The Kier molecular flexibility index (Phi) is 7.31. The van der Waals surface area contributed by atoms with Crippen LogP contribution < -0.4 is 10.1 Å². The van der Waals surface area contributed by atoms with Crippen LogP contribution in [0.3, 0.4) is 0 Å². The molecule has 1 rings (SSSR count). The molecular formula is C16H27NO. The summed E-state index contributed by atoms with van der Waals surface area (Å²) in [6.45, 7) is 7.40. The highest BCUT2D eigenvalue weighted by atomic mass is 16.5. The van der Waals surface area contributed by atoms with E-state index in [9.17, 15) is 0 Å². The monoisotopic (exact) mass is 249 g/mol. The molecule has 1 aromatic carbocycles. The Morgan fingerprint density at radius 1 is 0.944 bits per heavy atom. The third kappa shape index (κ3) is 5.44. The second kappa shape index (κ2) is 8.84. The van der Waals surface area contributed by atoms with Gasteiger partial charge in [0.25, 0.3) is 0 Å². The number of ether oxygens (including phenoxy) is 1. The summed E-state index contributed by atoms with van der Waals surface area (Å²) in [7, 11) is 0. The smallest absolute Gasteiger partial charge is 0.119 e. The first-order chi connectivity index (χ1) is 8.80. The predicted molar refractivity (Wildman–Crippen MR) is 79.5 cm³/mol. The maximum atomic E-state index is 5.58. The lowest BCUT2D eigenvalue weighted by Crippen LogP contribution is -2.18. The average Bonchev–Trinajstić information content (AvgIpc) is 2.38. The standard InChI is InChI=1S/C16H27NO/c1-4-7-14(8-5-2)17-15-9-11-16(12-10-15)18-13-6-3/h9-12,14,17H,4-8,13H2,1-3H3. The Morgan fingerprint density at radius 3 is 2.06 bits per heavy atom. The molecule has 0 amide bonds. The van der Waals surface area contributed by atoms with Crippen molar-refractivity contribution < 1.29 is 4.74 Å². The number of anilines is 1. The van der Waals surface area contributed by atoms with Gasteiger partial charge in [-0.05, 0) is 43.5 Å². The van der Waals surface area contributed by atoms with E-state index in [0.717, 1.165) is 18.8 Å². The molecule has 0 unspecified atom stereocenters. The Labute approximate surface area is 112 Å². The fraction of sp³-hybridized carbons (Fsp3) is 0.625. The van der Waals surface area contributed by atoms with E-state index in [2.05, 4.69) is 38.2 Å². The summed E-state index contributed by atoms with van der Waals surface area (Å²) in [5.74, 6) is 0.963. The highest BCUT2D eigenvalue weighted by Crippen LogP contribution is 2.18. The predicted octanol–water partition coefficient (Wildman–Crippen LogP) is 4.86. The Hall–Kier alpha value is -1.18. The minimum atomic E-state index is 0.599. The van der Waals surface area contributed by atoms with Gasteiger partial charge >= 0.3 is 0 Å². The van der Waals surface area contributed by atoms with Gasteiger partial charge in [-0.3, -0.25) is 0 Å². The normalized spacial score (nSPS) is 10.7. The summed E-state index contributed by atoms with van der Waals surface area (Å²) in [5, 5.41) is 3.61. The fourth-order valence-corrected chi connectivity index (χ4v) is 2.09. The lowest BCUT2D eigenvalue weighted by Gasteiger charge is -2.19. The number of nitrogens with one attached hydrogen (secondary N) is 1. The zero-order chi connectivity index (χ0) is 13.2. The molecule has 2 nitrogen and oxygen atoms in total. The van der Waals surface area contributed by atoms with Gasteiger partial charge in [0, 0.05) is 11.7 Å². The van der Waals surface area contributed by atoms with E-state index in [4.69, 9.17) is 4.74 Å². The molecule has 0 aliphatic carbocycles. The molecule has 0 heterocycles. The molecule has 0 fully saturated rings. The van der Waals surface area contributed by atoms with E-state index in [1.165, 1.54) is 31.4 Å². The van der Waals surface area contributed by atoms with Crippen LogP contribution in [0.25, 0.3) is 0 Å². The summed E-state index contributed by atoms with van der Waals surface area (Å²) in [5.41, 5.74) is 1.20. The number of hydrogen-bond acceptors (Lipinski definition) is 2. The van der Waals surface area contributed by atoms with Crippen molar-refractivity contribution in [2.45, 2.75) is 58.9 Å². The van der Waals surface area contributed by atoms with Gasteiger partial charge in [-0.2, -0.15) is 0 Å². The molecule has 0 saturated heterocycles. The average molecular weight is 249 g/mol. The zero-order valence-electron chi connectivity index (χ0n) is 12.0.